The zero-order valence-electron chi connectivity index (χ0n) is 20.4. The van der Waals surface area contributed by atoms with E-state index in [-0.39, 0.29) is 48.7 Å². The first-order valence-corrected chi connectivity index (χ1v) is 12.7. The maximum absolute atomic E-state index is 13.1. The fourth-order valence-electron chi connectivity index (χ4n) is 3.83. The number of aromatic amines is 1. The third-order valence-electron chi connectivity index (χ3n) is 5.59. The quantitative estimate of drug-likeness (QED) is 0.404. The summed E-state index contributed by atoms with van der Waals surface area (Å²) in [5.41, 5.74) is -0.352. The van der Waals surface area contributed by atoms with E-state index in [1.165, 1.54) is 15.3 Å². The van der Waals surface area contributed by atoms with E-state index in [4.69, 9.17) is 0 Å². The zero-order chi connectivity index (χ0) is 28.6. The smallest absolute Gasteiger partial charge is 0.422 e. The number of piperazine rings is 1. The van der Waals surface area contributed by atoms with Crippen molar-refractivity contribution in [2.45, 2.75) is 31.1 Å². The fraction of sp³-hybridized carbons (Fsp3) is 0.429. The molecule has 0 bridgehead atoms. The van der Waals surface area contributed by atoms with E-state index in [1.54, 1.807) is 13.8 Å². The molecular formula is C21H22F6N8O3S. The molecule has 0 atom stereocenters. The molecular weight excluding hydrogens is 558 g/mol. The Balaban J connectivity index is 1.57. The van der Waals surface area contributed by atoms with Crippen LogP contribution in [0.4, 0.5) is 43.9 Å². The number of hydrogen-bond acceptors (Lipinski definition) is 9. The maximum Gasteiger partial charge on any atom is 0.422 e. The molecule has 0 radical (unpaired) electrons. The molecule has 2 N–H and O–H groups in total. The molecule has 1 fully saturated rings. The van der Waals surface area contributed by atoms with Crippen molar-refractivity contribution in [3.63, 3.8) is 0 Å². The molecule has 212 valence electrons. The minimum Gasteiger partial charge on any atom is -0.454 e. The number of H-pyrrole nitrogens is 1. The van der Waals surface area contributed by atoms with Crippen LogP contribution >= 0.6 is 0 Å². The highest BCUT2D eigenvalue weighted by Gasteiger charge is 2.34. The summed E-state index contributed by atoms with van der Waals surface area (Å²) in [4.78, 5) is 13.3. The zero-order valence-corrected chi connectivity index (χ0v) is 21.2. The van der Waals surface area contributed by atoms with Crippen molar-refractivity contribution in [1.82, 2.24) is 29.5 Å². The molecule has 3 aromatic rings. The molecule has 4 rings (SSSR count). The molecule has 39 heavy (non-hydrogen) atoms. The second kappa shape index (κ2) is 10.5. The first-order valence-electron chi connectivity index (χ1n) is 11.3. The molecule has 0 unspecified atom stereocenters. The standard InChI is InChI=1S/C21H22F6N8O3S/c1-12-16(13(2)33-32-12)39(36,37)35-8-6-34(7-9-35)18-29-17(30-19(31-18)38-11-20(22,23)24)28-15-5-3-4-14(10-15)21(25,26)27/h3-5,10H,6-9,11H2,1-2H3,(H,32,33)(H,28,29,30,31). The number of anilines is 3. The summed E-state index contributed by atoms with van der Waals surface area (Å²) in [7, 11) is -3.88. The summed E-state index contributed by atoms with van der Waals surface area (Å²) in [6, 6.07) is 3.34. The summed E-state index contributed by atoms with van der Waals surface area (Å²) in [5, 5.41) is 9.07. The van der Waals surface area contributed by atoms with Crippen molar-refractivity contribution in [3.05, 3.63) is 41.2 Å². The lowest BCUT2D eigenvalue weighted by molar-refractivity contribution is -0.154. The Morgan fingerprint density at radius 2 is 1.72 bits per heavy atom. The van der Waals surface area contributed by atoms with Crippen LogP contribution in [0, 0.1) is 13.8 Å². The Labute approximate surface area is 218 Å². The summed E-state index contributed by atoms with van der Waals surface area (Å²) in [6.45, 7) is 1.52. The molecule has 18 heteroatoms. The first kappa shape index (κ1) is 28.3. The van der Waals surface area contributed by atoms with E-state index in [9.17, 15) is 34.8 Å². The van der Waals surface area contributed by atoms with Crippen LogP contribution in [0.3, 0.4) is 0 Å². The van der Waals surface area contributed by atoms with Gasteiger partial charge in [0.15, 0.2) is 6.61 Å². The van der Waals surface area contributed by atoms with E-state index < -0.39 is 40.6 Å². The van der Waals surface area contributed by atoms with Crippen LogP contribution in [0.1, 0.15) is 17.0 Å². The van der Waals surface area contributed by atoms with Crippen molar-refractivity contribution in [2.24, 2.45) is 0 Å². The number of halogens is 6. The van der Waals surface area contributed by atoms with Crippen molar-refractivity contribution in [2.75, 3.05) is 43.0 Å². The van der Waals surface area contributed by atoms with Gasteiger partial charge < -0.3 is 15.0 Å². The van der Waals surface area contributed by atoms with E-state index in [1.807, 2.05) is 0 Å². The van der Waals surface area contributed by atoms with E-state index in [0.29, 0.717) is 11.4 Å². The Bertz CT molecular complexity index is 1420. The van der Waals surface area contributed by atoms with Gasteiger partial charge in [-0.1, -0.05) is 6.07 Å². The van der Waals surface area contributed by atoms with Crippen LogP contribution in [0.25, 0.3) is 0 Å². The summed E-state index contributed by atoms with van der Waals surface area (Å²) >= 11 is 0. The van der Waals surface area contributed by atoms with Crippen molar-refractivity contribution in [3.8, 4) is 6.01 Å². The van der Waals surface area contributed by atoms with Gasteiger partial charge in [0, 0.05) is 31.9 Å². The molecule has 1 aliphatic heterocycles. The third-order valence-corrected chi connectivity index (χ3v) is 7.76. The number of rotatable bonds is 7. The molecule has 11 nitrogen and oxygen atoms in total. The summed E-state index contributed by atoms with van der Waals surface area (Å²) in [6.07, 6.45) is -9.33. The number of aromatic nitrogens is 5. The van der Waals surface area contributed by atoms with Gasteiger partial charge in [-0.15, -0.1) is 0 Å². The van der Waals surface area contributed by atoms with Crippen LogP contribution < -0.4 is 15.0 Å². The fourth-order valence-corrected chi connectivity index (χ4v) is 5.59. The lowest BCUT2D eigenvalue weighted by atomic mass is 10.2. The van der Waals surface area contributed by atoms with E-state index >= 15 is 0 Å². The molecule has 0 spiro atoms. The van der Waals surface area contributed by atoms with Crippen LogP contribution in [-0.2, 0) is 16.2 Å². The second-order valence-corrected chi connectivity index (χ2v) is 10.4. The van der Waals surface area contributed by atoms with Gasteiger partial charge in [0.05, 0.1) is 17.0 Å². The van der Waals surface area contributed by atoms with Crippen LogP contribution in [0.5, 0.6) is 6.01 Å². The van der Waals surface area contributed by atoms with Crippen LogP contribution in [0.2, 0.25) is 0 Å². The average molecular weight is 581 g/mol. The topological polar surface area (TPSA) is 129 Å². The SMILES string of the molecule is Cc1n[nH]c(C)c1S(=O)(=O)N1CCN(c2nc(Nc3cccc(C(F)(F)F)c3)nc(OCC(F)(F)F)n2)CC1. The van der Waals surface area contributed by atoms with Gasteiger partial charge in [-0.05, 0) is 32.0 Å². The van der Waals surface area contributed by atoms with Crippen molar-refractivity contribution in [1.29, 1.82) is 0 Å². The summed E-state index contributed by atoms with van der Waals surface area (Å²) < 4.78 is 110. The molecule has 2 aromatic heterocycles. The average Bonchev–Trinajstić information content (AvgIpc) is 3.20. The lowest BCUT2D eigenvalue weighted by Crippen LogP contribution is -2.49. The number of benzene rings is 1. The predicted molar refractivity (Wildman–Crippen MR) is 125 cm³/mol. The van der Waals surface area contributed by atoms with Crippen molar-refractivity contribution >= 4 is 27.6 Å². The van der Waals surface area contributed by atoms with Gasteiger partial charge >= 0.3 is 18.4 Å². The highest BCUT2D eigenvalue weighted by Crippen LogP contribution is 2.31. The van der Waals surface area contributed by atoms with E-state index in [0.717, 1.165) is 18.2 Å². The Morgan fingerprint density at radius 3 is 2.31 bits per heavy atom. The van der Waals surface area contributed by atoms with Gasteiger partial charge in [0.2, 0.25) is 21.9 Å². The minimum atomic E-state index is -4.70. The van der Waals surface area contributed by atoms with Crippen LogP contribution in [0.15, 0.2) is 29.2 Å². The van der Waals surface area contributed by atoms with Gasteiger partial charge in [0.25, 0.3) is 0 Å². The minimum absolute atomic E-state index is 0.00674. The highest BCUT2D eigenvalue weighted by molar-refractivity contribution is 7.89. The predicted octanol–water partition coefficient (Wildman–Crippen LogP) is 3.43. The number of sulfonamides is 1. The number of alkyl halides is 6. The first-order chi connectivity index (χ1) is 18.1. The van der Waals surface area contributed by atoms with Gasteiger partial charge in [-0.2, -0.15) is 50.7 Å². The molecule has 0 aliphatic carbocycles. The number of nitrogens with one attached hydrogen (secondary N) is 2. The molecule has 0 saturated carbocycles. The Hall–Kier alpha value is -3.67. The second-order valence-electron chi connectivity index (χ2n) is 8.50. The van der Waals surface area contributed by atoms with Gasteiger partial charge in [0.1, 0.15) is 4.90 Å². The van der Waals surface area contributed by atoms with Crippen molar-refractivity contribution < 1.29 is 39.5 Å². The largest absolute Gasteiger partial charge is 0.454 e. The van der Waals surface area contributed by atoms with Gasteiger partial charge in [-0.3, -0.25) is 5.10 Å². The summed E-state index contributed by atoms with van der Waals surface area (Å²) in [5.74, 6) is -0.513. The normalized spacial score (nSPS) is 15.4. The highest BCUT2D eigenvalue weighted by atomic mass is 32.2. The van der Waals surface area contributed by atoms with Crippen LogP contribution in [-0.4, -0.2) is 76.8 Å². The number of ether oxygens (including phenoxy) is 1. The number of hydrogen-bond donors (Lipinski definition) is 2. The monoisotopic (exact) mass is 580 g/mol. The third kappa shape index (κ3) is 6.67. The Morgan fingerprint density at radius 1 is 1.03 bits per heavy atom. The number of aryl methyl sites for hydroxylation is 2. The molecule has 1 aromatic carbocycles. The van der Waals surface area contributed by atoms with E-state index in [2.05, 4.69) is 35.2 Å². The molecule has 1 saturated heterocycles. The molecule has 0 amide bonds. The lowest BCUT2D eigenvalue weighted by Gasteiger charge is -2.34. The van der Waals surface area contributed by atoms with Gasteiger partial charge in [-0.25, -0.2) is 8.42 Å². The maximum atomic E-state index is 13.1. The Kier molecular flexibility index (Phi) is 7.61. The molecule has 1 aliphatic rings. The number of nitrogens with zero attached hydrogens (tertiary/aromatic N) is 6. The molecule has 3 heterocycles.